The van der Waals surface area contributed by atoms with E-state index in [1.165, 1.54) is 18.2 Å². The number of sulfonamides is 1. The van der Waals surface area contributed by atoms with Gasteiger partial charge in [-0.15, -0.1) is 0 Å². The van der Waals surface area contributed by atoms with E-state index in [1.54, 1.807) is 18.2 Å². The van der Waals surface area contributed by atoms with E-state index in [2.05, 4.69) is 15.4 Å². The minimum absolute atomic E-state index is 0.104. The standard InChI is InChI=1S/C28H25N3O3S2/c1-19-7-5-8-20(2)27(19)31-36(33,34)24-16-14-23(15-17-24)29-28(35)30-26(32)18-13-22-11-6-10-21-9-3-4-12-25(21)22/h3-18,31H,1-2H3,(H2,29,30,32,35)/b18-13+. The first-order valence-corrected chi connectivity index (χ1v) is 13.1. The molecule has 0 aromatic heterocycles. The van der Waals surface area contributed by atoms with Crippen molar-refractivity contribution in [3.8, 4) is 0 Å². The average Bonchev–Trinajstić information content (AvgIpc) is 2.85. The summed E-state index contributed by atoms with van der Waals surface area (Å²) < 4.78 is 28.3. The van der Waals surface area contributed by atoms with E-state index in [1.807, 2.05) is 74.5 Å². The van der Waals surface area contributed by atoms with Gasteiger partial charge >= 0.3 is 0 Å². The summed E-state index contributed by atoms with van der Waals surface area (Å²) in [4.78, 5) is 12.5. The molecule has 0 atom stereocenters. The molecule has 0 aliphatic carbocycles. The lowest BCUT2D eigenvalue weighted by molar-refractivity contribution is -0.115. The number of nitrogens with one attached hydrogen (secondary N) is 3. The van der Waals surface area contributed by atoms with Crippen LogP contribution in [0.2, 0.25) is 0 Å². The van der Waals surface area contributed by atoms with Crippen LogP contribution in [0.25, 0.3) is 16.8 Å². The van der Waals surface area contributed by atoms with E-state index < -0.39 is 10.0 Å². The normalized spacial score (nSPS) is 11.4. The number of fused-ring (bicyclic) bond motifs is 1. The van der Waals surface area contributed by atoms with Gasteiger partial charge in [-0.2, -0.15) is 0 Å². The Bertz CT molecular complexity index is 1550. The van der Waals surface area contributed by atoms with E-state index in [9.17, 15) is 13.2 Å². The van der Waals surface area contributed by atoms with Gasteiger partial charge in [0.25, 0.3) is 10.0 Å². The molecule has 0 saturated heterocycles. The second kappa shape index (κ2) is 10.7. The van der Waals surface area contributed by atoms with Crippen LogP contribution in [0, 0.1) is 13.8 Å². The molecule has 0 aliphatic heterocycles. The minimum atomic E-state index is -3.76. The van der Waals surface area contributed by atoms with Gasteiger partial charge in [-0.3, -0.25) is 14.8 Å². The maximum atomic E-state index is 12.8. The van der Waals surface area contributed by atoms with Crippen LogP contribution in [0.1, 0.15) is 16.7 Å². The zero-order valence-electron chi connectivity index (χ0n) is 19.8. The van der Waals surface area contributed by atoms with Crippen molar-refractivity contribution < 1.29 is 13.2 Å². The fourth-order valence-corrected chi connectivity index (χ4v) is 5.18. The number of benzene rings is 4. The predicted octanol–water partition coefficient (Wildman–Crippen LogP) is 5.78. The second-order valence-electron chi connectivity index (χ2n) is 8.24. The zero-order valence-corrected chi connectivity index (χ0v) is 21.4. The number of carbonyl (C=O) groups is 1. The molecule has 0 heterocycles. The number of amides is 1. The van der Waals surface area contributed by atoms with Gasteiger partial charge in [0.2, 0.25) is 5.91 Å². The van der Waals surface area contributed by atoms with Crippen LogP contribution >= 0.6 is 12.2 Å². The van der Waals surface area contributed by atoms with Crippen molar-refractivity contribution in [3.05, 3.63) is 108 Å². The van der Waals surface area contributed by atoms with Crippen LogP contribution < -0.4 is 15.4 Å². The van der Waals surface area contributed by atoms with E-state index in [-0.39, 0.29) is 15.9 Å². The highest BCUT2D eigenvalue weighted by Gasteiger charge is 2.16. The zero-order chi connectivity index (χ0) is 25.7. The third-order valence-electron chi connectivity index (χ3n) is 5.61. The number of aryl methyl sites for hydroxylation is 2. The van der Waals surface area contributed by atoms with E-state index >= 15 is 0 Å². The maximum absolute atomic E-state index is 12.8. The third kappa shape index (κ3) is 5.97. The Morgan fingerprint density at radius 3 is 2.19 bits per heavy atom. The van der Waals surface area contributed by atoms with Crippen LogP contribution in [0.5, 0.6) is 0 Å². The SMILES string of the molecule is Cc1cccc(C)c1NS(=O)(=O)c1ccc(NC(=S)NC(=O)/C=C/c2cccc3ccccc23)cc1. The van der Waals surface area contributed by atoms with E-state index in [0.29, 0.717) is 11.4 Å². The number of hydrogen-bond donors (Lipinski definition) is 3. The third-order valence-corrected chi connectivity index (χ3v) is 7.18. The Morgan fingerprint density at radius 1 is 0.833 bits per heavy atom. The summed E-state index contributed by atoms with van der Waals surface area (Å²) in [7, 11) is -3.76. The summed E-state index contributed by atoms with van der Waals surface area (Å²) in [6, 6.07) is 25.5. The fraction of sp³-hybridized carbons (Fsp3) is 0.0714. The second-order valence-corrected chi connectivity index (χ2v) is 10.3. The van der Waals surface area contributed by atoms with Gasteiger partial charge in [0.1, 0.15) is 0 Å². The molecular weight excluding hydrogens is 490 g/mol. The first-order chi connectivity index (χ1) is 17.2. The van der Waals surface area contributed by atoms with Crippen LogP contribution in [-0.4, -0.2) is 19.4 Å². The summed E-state index contributed by atoms with van der Waals surface area (Å²) in [6.07, 6.45) is 3.16. The van der Waals surface area contributed by atoms with Gasteiger partial charge in [0.05, 0.1) is 10.6 Å². The van der Waals surface area contributed by atoms with Gasteiger partial charge in [-0.25, -0.2) is 8.42 Å². The monoisotopic (exact) mass is 515 g/mol. The van der Waals surface area contributed by atoms with Gasteiger partial charge < -0.3 is 5.32 Å². The summed E-state index contributed by atoms with van der Waals surface area (Å²) >= 11 is 5.23. The number of anilines is 2. The maximum Gasteiger partial charge on any atom is 0.261 e. The van der Waals surface area contributed by atoms with E-state index in [4.69, 9.17) is 12.2 Å². The minimum Gasteiger partial charge on any atom is -0.332 e. The fourth-order valence-electron chi connectivity index (χ4n) is 3.76. The lowest BCUT2D eigenvalue weighted by atomic mass is 10.0. The number of thiocarbonyl (C=S) groups is 1. The van der Waals surface area contributed by atoms with Gasteiger partial charge in [-0.1, -0.05) is 60.7 Å². The molecule has 0 radical (unpaired) electrons. The van der Waals surface area contributed by atoms with Gasteiger partial charge in [0, 0.05) is 11.8 Å². The molecule has 182 valence electrons. The molecule has 0 fully saturated rings. The summed E-state index contributed by atoms with van der Waals surface area (Å²) in [6.45, 7) is 3.70. The lowest BCUT2D eigenvalue weighted by Crippen LogP contribution is -2.32. The average molecular weight is 516 g/mol. The molecule has 0 spiro atoms. The van der Waals surface area contributed by atoms with Crippen molar-refractivity contribution >= 4 is 61.5 Å². The summed E-state index contributed by atoms with van der Waals surface area (Å²) in [5.74, 6) is -0.377. The van der Waals surface area contributed by atoms with Crippen LogP contribution in [0.3, 0.4) is 0 Å². The largest absolute Gasteiger partial charge is 0.332 e. The van der Waals surface area contributed by atoms with Crippen molar-refractivity contribution in [1.82, 2.24) is 5.32 Å². The highest BCUT2D eigenvalue weighted by atomic mass is 32.2. The quantitative estimate of drug-likeness (QED) is 0.224. The first-order valence-electron chi connectivity index (χ1n) is 11.2. The molecule has 8 heteroatoms. The molecule has 0 bridgehead atoms. The van der Waals surface area contributed by atoms with Gasteiger partial charge in [-0.05, 0) is 83.9 Å². The molecule has 0 unspecified atom stereocenters. The molecule has 4 aromatic carbocycles. The number of carbonyl (C=O) groups excluding carboxylic acids is 1. The molecule has 3 N–H and O–H groups in total. The smallest absolute Gasteiger partial charge is 0.261 e. The van der Waals surface area contributed by atoms with Gasteiger partial charge in [0.15, 0.2) is 5.11 Å². The first kappa shape index (κ1) is 25.1. The Balaban J connectivity index is 1.37. The Labute approximate surface area is 216 Å². The van der Waals surface area contributed by atoms with Crippen molar-refractivity contribution in [2.24, 2.45) is 0 Å². The van der Waals surface area contributed by atoms with Crippen LogP contribution in [0.15, 0.2) is 95.9 Å². The molecule has 0 aliphatic rings. The predicted molar refractivity (Wildman–Crippen MR) is 151 cm³/mol. The highest BCUT2D eigenvalue weighted by molar-refractivity contribution is 7.92. The lowest BCUT2D eigenvalue weighted by Gasteiger charge is -2.14. The molecule has 6 nitrogen and oxygen atoms in total. The summed E-state index contributed by atoms with van der Waals surface area (Å²) in [5.41, 5.74) is 3.72. The Morgan fingerprint density at radius 2 is 1.47 bits per heavy atom. The topological polar surface area (TPSA) is 87.3 Å². The number of rotatable bonds is 6. The number of para-hydroxylation sites is 1. The van der Waals surface area contributed by atoms with Crippen LogP contribution in [-0.2, 0) is 14.8 Å². The Kier molecular flexibility index (Phi) is 7.47. The summed E-state index contributed by atoms with van der Waals surface area (Å²) in [5, 5.41) is 7.74. The van der Waals surface area contributed by atoms with Crippen molar-refractivity contribution in [3.63, 3.8) is 0 Å². The van der Waals surface area contributed by atoms with E-state index in [0.717, 1.165) is 27.5 Å². The van der Waals surface area contributed by atoms with Crippen LogP contribution in [0.4, 0.5) is 11.4 Å². The molecule has 4 rings (SSSR count). The van der Waals surface area contributed by atoms with Crippen molar-refractivity contribution in [2.45, 2.75) is 18.7 Å². The highest BCUT2D eigenvalue weighted by Crippen LogP contribution is 2.24. The molecule has 4 aromatic rings. The van der Waals surface area contributed by atoms with Crippen molar-refractivity contribution in [1.29, 1.82) is 0 Å². The molecular formula is C28H25N3O3S2. The molecule has 1 amide bonds. The molecule has 0 saturated carbocycles. The molecule has 36 heavy (non-hydrogen) atoms. The van der Waals surface area contributed by atoms with Crippen molar-refractivity contribution in [2.75, 3.05) is 10.0 Å². The Hall–Kier alpha value is -4.01. The number of hydrogen-bond acceptors (Lipinski definition) is 4.